The van der Waals surface area contributed by atoms with E-state index < -0.39 is 15.8 Å². The predicted molar refractivity (Wildman–Crippen MR) is 116 cm³/mol. The van der Waals surface area contributed by atoms with Crippen molar-refractivity contribution in [2.24, 2.45) is 5.92 Å². The van der Waals surface area contributed by atoms with Gasteiger partial charge in [-0.1, -0.05) is 25.1 Å². The Hall–Kier alpha value is -2.45. The lowest BCUT2D eigenvalue weighted by atomic mass is 10.1. The van der Waals surface area contributed by atoms with Crippen molar-refractivity contribution in [2.75, 3.05) is 30.9 Å². The summed E-state index contributed by atoms with van der Waals surface area (Å²) in [5, 5.41) is 2.91. The van der Waals surface area contributed by atoms with Gasteiger partial charge in [0, 0.05) is 18.7 Å². The van der Waals surface area contributed by atoms with E-state index in [0.717, 1.165) is 19.6 Å². The van der Waals surface area contributed by atoms with Crippen LogP contribution in [0, 0.1) is 18.7 Å². The van der Waals surface area contributed by atoms with E-state index in [9.17, 15) is 17.6 Å². The molecule has 1 saturated heterocycles. The molecular formula is C22H28FN3O3S. The Kier molecular flexibility index (Phi) is 7.10. The molecule has 30 heavy (non-hydrogen) atoms. The molecule has 8 heteroatoms. The van der Waals surface area contributed by atoms with E-state index in [2.05, 4.69) is 21.9 Å². The third kappa shape index (κ3) is 5.58. The van der Waals surface area contributed by atoms with Gasteiger partial charge in [-0.25, -0.2) is 12.8 Å². The van der Waals surface area contributed by atoms with Crippen LogP contribution in [0.5, 0.6) is 0 Å². The molecule has 1 aliphatic heterocycles. The van der Waals surface area contributed by atoms with Crippen LogP contribution in [0.3, 0.4) is 0 Å². The average Bonchev–Trinajstić information content (AvgIpc) is 3.21. The zero-order chi connectivity index (χ0) is 21.7. The van der Waals surface area contributed by atoms with Gasteiger partial charge in [-0.3, -0.25) is 9.52 Å². The van der Waals surface area contributed by atoms with Gasteiger partial charge >= 0.3 is 0 Å². The normalized spacial score (nSPS) is 15.7. The van der Waals surface area contributed by atoms with Crippen molar-refractivity contribution in [1.29, 1.82) is 0 Å². The van der Waals surface area contributed by atoms with Crippen molar-refractivity contribution in [3.05, 3.63) is 59.4 Å². The zero-order valence-electron chi connectivity index (χ0n) is 17.3. The molecule has 6 nitrogen and oxygen atoms in total. The summed E-state index contributed by atoms with van der Waals surface area (Å²) in [6.07, 6.45) is 2.45. The lowest BCUT2D eigenvalue weighted by Crippen LogP contribution is -2.34. The number of amides is 1. The van der Waals surface area contributed by atoms with Crippen LogP contribution in [0.4, 0.5) is 10.1 Å². The minimum absolute atomic E-state index is 0.0911. The van der Waals surface area contributed by atoms with Crippen molar-refractivity contribution in [2.45, 2.75) is 31.6 Å². The summed E-state index contributed by atoms with van der Waals surface area (Å²) in [5.41, 5.74) is 0.823. The molecule has 0 spiro atoms. The van der Waals surface area contributed by atoms with E-state index in [1.54, 1.807) is 13.0 Å². The molecule has 0 radical (unpaired) electrons. The molecule has 3 rings (SSSR count). The number of hydrogen-bond donors (Lipinski definition) is 2. The van der Waals surface area contributed by atoms with Gasteiger partial charge in [0.05, 0.1) is 10.6 Å². The minimum atomic E-state index is -4.03. The number of sulfonamides is 1. The monoisotopic (exact) mass is 433 g/mol. The number of halogens is 1. The maximum Gasteiger partial charge on any atom is 0.262 e. The van der Waals surface area contributed by atoms with Crippen LogP contribution < -0.4 is 10.0 Å². The molecular weight excluding hydrogens is 405 g/mol. The van der Waals surface area contributed by atoms with E-state index in [0.29, 0.717) is 23.6 Å². The summed E-state index contributed by atoms with van der Waals surface area (Å²) in [4.78, 5) is 15.0. The molecule has 0 saturated carbocycles. The zero-order valence-corrected chi connectivity index (χ0v) is 18.1. The number of rotatable bonds is 8. The first-order valence-corrected chi connectivity index (χ1v) is 11.6. The van der Waals surface area contributed by atoms with Crippen molar-refractivity contribution in [3.63, 3.8) is 0 Å². The van der Waals surface area contributed by atoms with Gasteiger partial charge in [-0.15, -0.1) is 0 Å². The number of aryl methyl sites for hydroxylation is 1. The molecule has 1 heterocycles. The number of carbonyl (C=O) groups excluding carboxylic acids is 1. The number of nitrogens with one attached hydrogen (secondary N) is 2. The van der Waals surface area contributed by atoms with Crippen LogP contribution in [0.2, 0.25) is 0 Å². The van der Waals surface area contributed by atoms with Gasteiger partial charge in [0.1, 0.15) is 5.82 Å². The summed E-state index contributed by atoms with van der Waals surface area (Å²) in [7, 11) is -4.03. The first-order valence-electron chi connectivity index (χ1n) is 10.1. The van der Waals surface area contributed by atoms with Crippen molar-refractivity contribution < 1.29 is 17.6 Å². The Labute approximate surface area is 177 Å². The van der Waals surface area contributed by atoms with Gasteiger partial charge in [-0.05, 0) is 68.6 Å². The number of hydrogen-bond acceptors (Lipinski definition) is 4. The molecule has 1 fully saturated rings. The third-order valence-electron chi connectivity index (χ3n) is 5.26. The quantitative estimate of drug-likeness (QED) is 0.669. The van der Waals surface area contributed by atoms with Crippen LogP contribution in [-0.4, -0.2) is 45.4 Å². The number of anilines is 1. The topological polar surface area (TPSA) is 78.5 Å². The molecule has 2 aromatic carbocycles. The second-order valence-corrected chi connectivity index (χ2v) is 9.57. The maximum atomic E-state index is 13.8. The van der Waals surface area contributed by atoms with E-state index in [4.69, 9.17) is 0 Å². The summed E-state index contributed by atoms with van der Waals surface area (Å²) >= 11 is 0. The Morgan fingerprint density at radius 2 is 1.87 bits per heavy atom. The summed E-state index contributed by atoms with van der Waals surface area (Å²) < 4.78 is 41.4. The van der Waals surface area contributed by atoms with Crippen LogP contribution in [0.1, 0.15) is 35.7 Å². The lowest BCUT2D eigenvalue weighted by molar-refractivity contribution is 0.0944. The van der Waals surface area contributed by atoms with E-state index in [1.807, 2.05) is 0 Å². The predicted octanol–water partition coefficient (Wildman–Crippen LogP) is 3.40. The van der Waals surface area contributed by atoms with Crippen LogP contribution >= 0.6 is 0 Å². The molecule has 0 aliphatic carbocycles. The van der Waals surface area contributed by atoms with Gasteiger partial charge in [-0.2, -0.15) is 0 Å². The van der Waals surface area contributed by atoms with E-state index >= 15 is 0 Å². The lowest BCUT2D eigenvalue weighted by Gasteiger charge is -2.20. The first-order chi connectivity index (χ1) is 14.3. The Bertz CT molecular complexity index is 1000. The van der Waals surface area contributed by atoms with Crippen LogP contribution in [0.15, 0.2) is 47.4 Å². The molecule has 1 atom stereocenters. The second-order valence-electron chi connectivity index (χ2n) is 7.88. The number of carbonyl (C=O) groups is 1. The van der Waals surface area contributed by atoms with Crippen LogP contribution in [-0.2, 0) is 10.0 Å². The number of likely N-dealkylation sites (tertiary alicyclic amines) is 1. The Morgan fingerprint density at radius 1 is 1.17 bits per heavy atom. The second kappa shape index (κ2) is 9.57. The maximum absolute atomic E-state index is 13.8. The third-order valence-corrected chi connectivity index (χ3v) is 6.62. The van der Waals surface area contributed by atoms with Gasteiger partial charge < -0.3 is 10.2 Å². The summed E-state index contributed by atoms with van der Waals surface area (Å²) in [5.74, 6) is -0.691. The van der Waals surface area contributed by atoms with Gasteiger partial charge in [0.25, 0.3) is 15.9 Å². The molecule has 2 N–H and O–H groups in total. The molecule has 0 aromatic heterocycles. The largest absolute Gasteiger partial charge is 0.352 e. The number of para-hydroxylation sites is 1. The van der Waals surface area contributed by atoms with Crippen molar-refractivity contribution in [1.82, 2.24) is 10.2 Å². The average molecular weight is 434 g/mol. The van der Waals surface area contributed by atoms with Gasteiger partial charge in [0.2, 0.25) is 0 Å². The fourth-order valence-electron chi connectivity index (χ4n) is 3.59. The number of benzene rings is 2. The summed E-state index contributed by atoms with van der Waals surface area (Å²) in [6.45, 7) is 7.49. The van der Waals surface area contributed by atoms with Crippen molar-refractivity contribution >= 4 is 21.6 Å². The molecule has 1 aliphatic rings. The first kappa shape index (κ1) is 22.2. The molecule has 0 bridgehead atoms. The van der Waals surface area contributed by atoms with Gasteiger partial charge in [0.15, 0.2) is 0 Å². The van der Waals surface area contributed by atoms with Crippen molar-refractivity contribution in [3.8, 4) is 0 Å². The molecule has 1 amide bonds. The number of nitrogens with zero attached hydrogens (tertiary/aromatic N) is 1. The Balaban J connectivity index is 1.69. The highest BCUT2D eigenvalue weighted by Gasteiger charge is 2.20. The smallest absolute Gasteiger partial charge is 0.262 e. The van der Waals surface area contributed by atoms with E-state index in [1.165, 1.54) is 49.2 Å². The summed E-state index contributed by atoms with van der Waals surface area (Å²) in [6, 6.07) is 9.86. The standard InChI is InChI=1S/C22H28FN3O3S/c1-16(15-26-11-5-6-12-26)14-24-22(27)19-13-18(10-9-17(19)2)30(28,29)25-21-8-4-3-7-20(21)23/h3-4,7-10,13,16,25H,5-6,11-12,14-15H2,1-2H3,(H,24,27). The molecule has 162 valence electrons. The van der Waals surface area contributed by atoms with Crippen LogP contribution in [0.25, 0.3) is 0 Å². The Morgan fingerprint density at radius 3 is 2.57 bits per heavy atom. The highest BCUT2D eigenvalue weighted by molar-refractivity contribution is 7.92. The molecule has 1 unspecified atom stereocenters. The fraction of sp³-hybridized carbons (Fsp3) is 0.409. The highest BCUT2D eigenvalue weighted by Crippen LogP contribution is 2.21. The SMILES string of the molecule is Cc1ccc(S(=O)(=O)Nc2ccccc2F)cc1C(=O)NCC(C)CN1CCCC1. The minimum Gasteiger partial charge on any atom is -0.352 e. The fourth-order valence-corrected chi connectivity index (χ4v) is 4.69. The highest BCUT2D eigenvalue weighted by atomic mass is 32.2. The van der Waals surface area contributed by atoms with E-state index in [-0.39, 0.29) is 16.5 Å². The molecule has 2 aromatic rings.